The largest absolute Gasteiger partial charge is 0.344 e. The van der Waals surface area contributed by atoms with Gasteiger partial charge in [-0.2, -0.15) is 0 Å². The number of aryl methyl sites for hydroxylation is 1. The van der Waals surface area contributed by atoms with Gasteiger partial charge in [-0.15, -0.1) is 16.4 Å². The van der Waals surface area contributed by atoms with Crippen molar-refractivity contribution < 1.29 is 4.79 Å². The van der Waals surface area contributed by atoms with E-state index in [-0.39, 0.29) is 11.7 Å². The van der Waals surface area contributed by atoms with E-state index in [1.54, 1.807) is 16.0 Å². The molecule has 2 aromatic heterocycles. The normalized spacial score (nSPS) is 11.4. The Morgan fingerprint density at radius 2 is 1.89 bits per heavy atom. The third-order valence-electron chi connectivity index (χ3n) is 4.25. The molecule has 142 valence electrons. The van der Waals surface area contributed by atoms with Crippen molar-refractivity contribution in [1.82, 2.24) is 25.1 Å². The highest BCUT2D eigenvalue weighted by Crippen LogP contribution is 2.23. The quantitative estimate of drug-likeness (QED) is 0.692. The number of hydrogen-bond donors (Lipinski definition) is 1. The summed E-state index contributed by atoms with van der Waals surface area (Å²) in [5, 5.41) is 10.4. The minimum atomic E-state index is -0.294. The van der Waals surface area contributed by atoms with Crippen LogP contribution in [-0.2, 0) is 6.54 Å². The van der Waals surface area contributed by atoms with Gasteiger partial charge >= 0.3 is 0 Å². The molecule has 0 fully saturated rings. The zero-order valence-corrected chi connectivity index (χ0v) is 17.2. The highest BCUT2D eigenvalue weighted by molar-refractivity contribution is 7.09. The molecule has 0 unspecified atom stereocenters. The van der Waals surface area contributed by atoms with Gasteiger partial charge in [-0.1, -0.05) is 45.9 Å². The van der Waals surface area contributed by atoms with E-state index in [1.165, 1.54) is 5.56 Å². The highest BCUT2D eigenvalue weighted by Gasteiger charge is 2.18. The van der Waals surface area contributed by atoms with Crippen molar-refractivity contribution in [1.29, 1.82) is 0 Å². The first kappa shape index (κ1) is 19.2. The SMILES string of the molecule is Cc1nc(C(=O)NCc2csc(C(C)C)n2)nn1-c1ccccc1C(C)C. The maximum atomic E-state index is 12.5. The zero-order valence-electron chi connectivity index (χ0n) is 16.4. The Kier molecular flexibility index (Phi) is 5.70. The van der Waals surface area contributed by atoms with E-state index in [2.05, 4.69) is 54.1 Å². The molecule has 3 aromatic rings. The van der Waals surface area contributed by atoms with Crippen molar-refractivity contribution in [3.8, 4) is 5.69 Å². The molecule has 6 nitrogen and oxygen atoms in total. The summed E-state index contributed by atoms with van der Waals surface area (Å²) >= 11 is 1.62. The number of hydrogen-bond acceptors (Lipinski definition) is 5. The molecule has 0 saturated heterocycles. The molecule has 0 aliphatic rings. The second-order valence-electron chi connectivity index (χ2n) is 7.12. The van der Waals surface area contributed by atoms with Gasteiger partial charge < -0.3 is 5.32 Å². The number of carbonyl (C=O) groups is 1. The summed E-state index contributed by atoms with van der Waals surface area (Å²) in [6.07, 6.45) is 0. The Balaban J connectivity index is 1.76. The maximum absolute atomic E-state index is 12.5. The fourth-order valence-corrected chi connectivity index (χ4v) is 3.64. The average Bonchev–Trinajstić information content (AvgIpc) is 3.26. The molecule has 1 amide bonds. The molecule has 7 heteroatoms. The van der Waals surface area contributed by atoms with Crippen LogP contribution in [0.1, 0.15) is 72.2 Å². The summed E-state index contributed by atoms with van der Waals surface area (Å²) < 4.78 is 1.74. The molecule has 0 spiro atoms. The second-order valence-corrected chi connectivity index (χ2v) is 8.01. The van der Waals surface area contributed by atoms with E-state index in [0.717, 1.165) is 16.4 Å². The van der Waals surface area contributed by atoms with Crippen molar-refractivity contribution in [2.24, 2.45) is 0 Å². The van der Waals surface area contributed by atoms with Gasteiger partial charge in [-0.25, -0.2) is 14.6 Å². The number of nitrogens with one attached hydrogen (secondary N) is 1. The van der Waals surface area contributed by atoms with Crippen LogP contribution >= 0.6 is 11.3 Å². The van der Waals surface area contributed by atoms with E-state index in [0.29, 0.717) is 24.2 Å². The molecule has 0 saturated carbocycles. The molecule has 1 aromatic carbocycles. The van der Waals surface area contributed by atoms with Crippen molar-refractivity contribution in [2.75, 3.05) is 0 Å². The second kappa shape index (κ2) is 8.00. The van der Waals surface area contributed by atoms with E-state index < -0.39 is 0 Å². The Labute approximate surface area is 163 Å². The van der Waals surface area contributed by atoms with Gasteiger partial charge in [0.2, 0.25) is 5.82 Å². The number of benzene rings is 1. The van der Waals surface area contributed by atoms with Gasteiger partial charge in [0.1, 0.15) is 5.82 Å². The van der Waals surface area contributed by atoms with Gasteiger partial charge in [0.05, 0.1) is 22.9 Å². The molecule has 0 atom stereocenters. The molecule has 0 radical (unpaired) electrons. The van der Waals surface area contributed by atoms with Crippen LogP contribution in [0.15, 0.2) is 29.6 Å². The van der Waals surface area contributed by atoms with Crippen molar-refractivity contribution >= 4 is 17.2 Å². The summed E-state index contributed by atoms with van der Waals surface area (Å²) in [5.74, 6) is 1.30. The topological polar surface area (TPSA) is 72.7 Å². The smallest absolute Gasteiger partial charge is 0.291 e. The van der Waals surface area contributed by atoms with Crippen LogP contribution < -0.4 is 5.32 Å². The summed E-state index contributed by atoms with van der Waals surface area (Å²) in [6, 6.07) is 8.06. The van der Waals surface area contributed by atoms with Gasteiger partial charge in [-0.05, 0) is 24.5 Å². The number of para-hydroxylation sites is 1. The van der Waals surface area contributed by atoms with Gasteiger partial charge in [0.15, 0.2) is 0 Å². The minimum absolute atomic E-state index is 0.172. The van der Waals surface area contributed by atoms with Crippen molar-refractivity contribution in [3.05, 3.63) is 57.6 Å². The van der Waals surface area contributed by atoms with E-state index in [1.807, 2.05) is 30.5 Å². The van der Waals surface area contributed by atoms with Crippen molar-refractivity contribution in [3.63, 3.8) is 0 Å². The van der Waals surface area contributed by atoms with E-state index >= 15 is 0 Å². The zero-order chi connectivity index (χ0) is 19.6. The number of nitrogens with zero attached hydrogens (tertiary/aromatic N) is 4. The third-order valence-corrected chi connectivity index (χ3v) is 5.45. The maximum Gasteiger partial charge on any atom is 0.291 e. The summed E-state index contributed by atoms with van der Waals surface area (Å²) in [7, 11) is 0. The first-order chi connectivity index (χ1) is 12.9. The fourth-order valence-electron chi connectivity index (χ4n) is 2.80. The number of amides is 1. The lowest BCUT2D eigenvalue weighted by atomic mass is 10.0. The van der Waals surface area contributed by atoms with E-state index in [4.69, 9.17) is 0 Å². The van der Waals surface area contributed by atoms with Crippen LogP contribution in [0.2, 0.25) is 0 Å². The number of carbonyl (C=O) groups excluding carboxylic acids is 1. The summed E-state index contributed by atoms with van der Waals surface area (Å²) in [4.78, 5) is 21.4. The number of thiazole rings is 1. The number of aromatic nitrogens is 4. The predicted octanol–water partition coefficient (Wildman–Crippen LogP) is 4.21. The van der Waals surface area contributed by atoms with Gasteiger partial charge in [-0.3, -0.25) is 4.79 Å². The van der Waals surface area contributed by atoms with Crippen LogP contribution in [0.5, 0.6) is 0 Å². The Bertz CT molecular complexity index is 942. The van der Waals surface area contributed by atoms with Crippen molar-refractivity contribution in [2.45, 2.75) is 53.0 Å². The molecule has 0 aliphatic carbocycles. The summed E-state index contributed by atoms with van der Waals surface area (Å²) in [5.41, 5.74) is 2.98. The molecule has 27 heavy (non-hydrogen) atoms. The molecular weight excluding hydrogens is 358 g/mol. The molecule has 0 bridgehead atoms. The van der Waals surface area contributed by atoms with Crippen LogP contribution in [0.4, 0.5) is 0 Å². The van der Waals surface area contributed by atoms with Crippen LogP contribution in [-0.4, -0.2) is 25.7 Å². The monoisotopic (exact) mass is 383 g/mol. The van der Waals surface area contributed by atoms with Crippen LogP contribution in [0, 0.1) is 6.92 Å². The standard InChI is InChI=1S/C20H25N5OS/c1-12(2)16-8-6-7-9-17(16)25-14(5)22-18(24-25)19(26)21-10-15-11-27-20(23-15)13(3)4/h6-9,11-13H,10H2,1-5H3,(H,21,26). The molecule has 0 aliphatic heterocycles. The molecule has 3 rings (SSSR count). The first-order valence-electron chi connectivity index (χ1n) is 9.12. The predicted molar refractivity (Wildman–Crippen MR) is 108 cm³/mol. The third kappa shape index (κ3) is 4.24. The van der Waals surface area contributed by atoms with Gasteiger partial charge in [0, 0.05) is 11.3 Å². The fraction of sp³-hybridized carbons (Fsp3) is 0.400. The first-order valence-corrected chi connectivity index (χ1v) is 10.00. The summed E-state index contributed by atoms with van der Waals surface area (Å²) in [6.45, 7) is 10.7. The Morgan fingerprint density at radius 1 is 1.15 bits per heavy atom. The lowest BCUT2D eigenvalue weighted by Gasteiger charge is -2.12. The number of rotatable bonds is 6. The van der Waals surface area contributed by atoms with Crippen LogP contribution in [0.3, 0.4) is 0 Å². The minimum Gasteiger partial charge on any atom is -0.344 e. The Morgan fingerprint density at radius 3 is 2.56 bits per heavy atom. The molecule has 2 heterocycles. The van der Waals surface area contributed by atoms with E-state index in [9.17, 15) is 4.79 Å². The van der Waals surface area contributed by atoms with Crippen LogP contribution in [0.25, 0.3) is 5.69 Å². The molecular formula is C20H25N5OS. The van der Waals surface area contributed by atoms with Gasteiger partial charge in [0.25, 0.3) is 5.91 Å². The average molecular weight is 384 g/mol. The highest BCUT2D eigenvalue weighted by atomic mass is 32.1. The lowest BCUT2D eigenvalue weighted by molar-refractivity contribution is 0.0940. The molecule has 1 N–H and O–H groups in total. The Hall–Kier alpha value is -2.54. The lowest BCUT2D eigenvalue weighted by Crippen LogP contribution is -2.24.